The highest BCUT2D eigenvalue weighted by atomic mass is 16.6. The molecule has 16 nitrogen and oxygen atoms in total. The quantitative estimate of drug-likeness (QED) is 0.213. The van der Waals surface area contributed by atoms with Crippen LogP contribution < -0.4 is 5.32 Å². The van der Waals surface area contributed by atoms with Crippen molar-refractivity contribution < 1.29 is 73.2 Å². The number of nitrogens with one attached hydrogen (secondary N) is 1. The van der Waals surface area contributed by atoms with E-state index in [0.717, 1.165) is 26.4 Å². The Morgan fingerprint density at radius 2 is 1.60 bits per heavy atom. The molecule has 0 bridgehead atoms. The zero-order valence-electron chi connectivity index (χ0n) is 27.7. The summed E-state index contributed by atoms with van der Waals surface area (Å²) in [6.07, 6.45) is -6.55. The fraction of sp³-hybridized carbons (Fsp3) is 0.441. The van der Waals surface area contributed by atoms with Crippen LogP contribution in [0, 0.1) is 6.92 Å². The SMILES string of the molecule is COC(=O)c1c(C)cc2c(c1O)C1(O)C(=O)c3cc4c(c(O)c3C(=O)C1(OC)[C@@H](O)C2)C(=O)C=C(N[C@@H]1O[C@@H](C)[C@H](OC)[C@@H](O)[C@H]1OC)C4=O. The average molecular weight is 698 g/mol. The summed E-state index contributed by atoms with van der Waals surface area (Å²) in [5.41, 5.74) is -10.1. The number of hydrogen-bond donors (Lipinski definition) is 6. The molecule has 4 aliphatic rings. The maximum absolute atomic E-state index is 14.6. The third-order valence-electron chi connectivity index (χ3n) is 10.2. The van der Waals surface area contributed by atoms with Crippen LogP contribution in [0.25, 0.3) is 0 Å². The van der Waals surface area contributed by atoms with Gasteiger partial charge in [-0.2, -0.15) is 0 Å². The van der Waals surface area contributed by atoms with Crippen molar-refractivity contribution >= 4 is 29.1 Å². The summed E-state index contributed by atoms with van der Waals surface area (Å²) in [5.74, 6) is -7.67. The van der Waals surface area contributed by atoms with Crippen LogP contribution in [-0.4, -0.2) is 125 Å². The van der Waals surface area contributed by atoms with Crippen LogP contribution in [0.5, 0.6) is 11.5 Å². The maximum Gasteiger partial charge on any atom is 0.341 e. The predicted octanol–water partition coefficient (Wildman–Crippen LogP) is -0.250. The predicted molar refractivity (Wildman–Crippen MR) is 166 cm³/mol. The summed E-state index contributed by atoms with van der Waals surface area (Å²) < 4.78 is 26.8. The van der Waals surface area contributed by atoms with Crippen molar-refractivity contribution in [3.63, 3.8) is 0 Å². The van der Waals surface area contributed by atoms with Gasteiger partial charge in [0.25, 0.3) is 0 Å². The van der Waals surface area contributed by atoms with Crippen molar-refractivity contribution in [2.75, 3.05) is 28.4 Å². The molecule has 0 radical (unpaired) electrons. The van der Waals surface area contributed by atoms with E-state index in [9.17, 15) is 49.5 Å². The first-order chi connectivity index (χ1) is 23.6. The topological polar surface area (TPSA) is 245 Å². The third-order valence-corrected chi connectivity index (χ3v) is 10.2. The molecule has 2 unspecified atom stereocenters. The summed E-state index contributed by atoms with van der Waals surface area (Å²) in [6, 6.07) is 2.18. The van der Waals surface area contributed by atoms with Gasteiger partial charge in [0.2, 0.25) is 17.3 Å². The smallest absolute Gasteiger partial charge is 0.341 e. The molecule has 16 heteroatoms. The number of aromatic hydroxyl groups is 2. The third kappa shape index (κ3) is 4.40. The zero-order chi connectivity index (χ0) is 36.8. The molecule has 6 rings (SSSR count). The van der Waals surface area contributed by atoms with E-state index in [0.29, 0.717) is 0 Å². The number of benzene rings is 2. The van der Waals surface area contributed by atoms with Crippen LogP contribution in [0.15, 0.2) is 23.9 Å². The first-order valence-corrected chi connectivity index (χ1v) is 15.4. The van der Waals surface area contributed by atoms with Crippen molar-refractivity contribution in [2.24, 2.45) is 0 Å². The summed E-state index contributed by atoms with van der Waals surface area (Å²) in [7, 11) is 4.62. The van der Waals surface area contributed by atoms with E-state index in [-0.39, 0.29) is 16.8 Å². The number of ether oxygens (including phenoxy) is 5. The van der Waals surface area contributed by atoms with Gasteiger partial charge >= 0.3 is 5.97 Å². The average Bonchev–Trinajstić information content (AvgIpc) is 3.05. The van der Waals surface area contributed by atoms with Gasteiger partial charge < -0.3 is 54.5 Å². The number of esters is 1. The Labute approximate surface area is 284 Å². The van der Waals surface area contributed by atoms with Crippen molar-refractivity contribution in [2.45, 2.75) is 68.2 Å². The molecule has 2 aromatic rings. The van der Waals surface area contributed by atoms with Crippen molar-refractivity contribution in [3.8, 4) is 11.5 Å². The molecule has 1 saturated heterocycles. The lowest BCUT2D eigenvalue weighted by Crippen LogP contribution is -2.73. The van der Waals surface area contributed by atoms with Crippen molar-refractivity contribution in [1.82, 2.24) is 5.32 Å². The molecule has 0 amide bonds. The van der Waals surface area contributed by atoms with Crippen molar-refractivity contribution in [1.29, 1.82) is 0 Å². The van der Waals surface area contributed by atoms with Gasteiger partial charge in [-0.1, -0.05) is 6.07 Å². The molecular formula is C34H35NO15. The minimum Gasteiger partial charge on any atom is -0.507 e. The summed E-state index contributed by atoms with van der Waals surface area (Å²) in [5, 5.41) is 60.3. The number of allylic oxidation sites excluding steroid dienone is 2. The van der Waals surface area contributed by atoms with Gasteiger partial charge in [0, 0.05) is 50.5 Å². The summed E-state index contributed by atoms with van der Waals surface area (Å²) >= 11 is 0. The molecule has 0 saturated carbocycles. The number of methoxy groups -OCH3 is 4. The molecule has 0 aromatic heterocycles. The van der Waals surface area contributed by atoms with E-state index in [2.05, 4.69) is 5.32 Å². The van der Waals surface area contributed by atoms with E-state index < -0.39 is 128 Å². The number of Topliss-reactive ketones (excluding diaryl/α,β-unsaturated/α-hetero) is 3. The molecule has 50 heavy (non-hydrogen) atoms. The van der Waals surface area contributed by atoms with Crippen LogP contribution in [0.2, 0.25) is 0 Å². The fourth-order valence-electron chi connectivity index (χ4n) is 7.85. The summed E-state index contributed by atoms with van der Waals surface area (Å²) in [4.78, 5) is 69.1. The number of phenolic OH excluding ortho intramolecular Hbond substituents is 2. The van der Waals surface area contributed by atoms with Crippen LogP contribution in [0.3, 0.4) is 0 Å². The second-order valence-electron chi connectivity index (χ2n) is 12.6. The second kappa shape index (κ2) is 12.1. The van der Waals surface area contributed by atoms with Crippen LogP contribution in [0.1, 0.15) is 75.4 Å². The van der Waals surface area contributed by atoms with E-state index in [1.807, 2.05) is 0 Å². The second-order valence-corrected chi connectivity index (χ2v) is 12.6. The number of ketones is 4. The van der Waals surface area contributed by atoms with Gasteiger partial charge in [-0.25, -0.2) is 4.79 Å². The first kappa shape index (κ1) is 35.3. The Bertz CT molecular complexity index is 1920. The molecule has 1 aliphatic heterocycles. The lowest BCUT2D eigenvalue weighted by molar-refractivity contribution is -0.236. The van der Waals surface area contributed by atoms with E-state index >= 15 is 0 Å². The van der Waals surface area contributed by atoms with Gasteiger partial charge in [-0.05, 0) is 31.0 Å². The Kier molecular flexibility index (Phi) is 8.50. The van der Waals surface area contributed by atoms with Gasteiger partial charge in [0.05, 0.1) is 36.1 Å². The first-order valence-electron chi connectivity index (χ1n) is 15.4. The summed E-state index contributed by atoms with van der Waals surface area (Å²) in [6.45, 7) is 3.06. The van der Waals surface area contributed by atoms with Crippen LogP contribution in [-0.2, 0) is 35.7 Å². The number of phenols is 2. The molecule has 1 fully saturated rings. The number of rotatable bonds is 6. The van der Waals surface area contributed by atoms with Crippen LogP contribution in [0.4, 0.5) is 0 Å². The van der Waals surface area contributed by atoms with Gasteiger partial charge in [0.15, 0.2) is 23.2 Å². The van der Waals surface area contributed by atoms with Gasteiger partial charge in [0.1, 0.15) is 35.4 Å². The minimum absolute atomic E-state index is 0.00455. The molecule has 266 valence electrons. The highest BCUT2D eigenvalue weighted by molar-refractivity contribution is 6.31. The largest absolute Gasteiger partial charge is 0.507 e. The number of carbonyl (C=O) groups excluding carboxylic acids is 5. The Hall–Kier alpha value is -4.55. The number of hydrogen-bond acceptors (Lipinski definition) is 16. The highest BCUT2D eigenvalue weighted by Gasteiger charge is 2.72. The van der Waals surface area contributed by atoms with Gasteiger partial charge in [-0.15, -0.1) is 0 Å². The molecule has 8 atom stereocenters. The monoisotopic (exact) mass is 697 g/mol. The van der Waals surface area contributed by atoms with Gasteiger partial charge in [-0.3, -0.25) is 19.2 Å². The molecular weight excluding hydrogens is 662 g/mol. The number of aliphatic hydroxyl groups excluding tert-OH is 2. The Morgan fingerprint density at radius 1 is 0.940 bits per heavy atom. The lowest BCUT2D eigenvalue weighted by Gasteiger charge is -2.52. The molecule has 1 heterocycles. The zero-order valence-corrected chi connectivity index (χ0v) is 27.7. The Balaban J connectivity index is 1.51. The normalized spacial score (nSPS) is 31.7. The minimum atomic E-state index is -3.23. The number of fused-ring (bicyclic) bond motifs is 5. The highest BCUT2D eigenvalue weighted by Crippen LogP contribution is 2.56. The maximum atomic E-state index is 14.6. The molecule has 6 N–H and O–H groups in total. The fourth-order valence-corrected chi connectivity index (χ4v) is 7.85. The number of carbonyl (C=O) groups is 5. The molecule has 3 aliphatic carbocycles. The van der Waals surface area contributed by atoms with E-state index in [4.69, 9.17) is 23.7 Å². The van der Waals surface area contributed by atoms with Crippen molar-refractivity contribution in [3.05, 3.63) is 68.4 Å². The lowest BCUT2D eigenvalue weighted by atomic mass is 9.56. The standard InChI is InChI=1S/C34H35NO15/c1-11-7-13-8-18(37)34(49-6)30(43)21-15(29(42)33(34,45)22(13)25(40)19(11)32(44)48-5)9-14-20(24(21)39)17(36)10-16(23(14)38)35-31-28(47-4)26(41)27(46-3)12(2)50-31/h7,9-10,12,18,26-28,31,35,37,39-41,45H,8H2,1-6H3/t12-,18-,26+,27-,28+,31+,33?,34?/m0/s1. The Morgan fingerprint density at radius 3 is 2.20 bits per heavy atom. The molecule has 0 spiro atoms. The molecule has 2 aromatic carbocycles. The van der Waals surface area contributed by atoms with E-state index in [1.165, 1.54) is 27.2 Å². The number of aryl methyl sites for hydroxylation is 1. The van der Waals surface area contributed by atoms with E-state index in [1.54, 1.807) is 6.92 Å². The number of aliphatic hydroxyl groups is 3. The van der Waals surface area contributed by atoms with Crippen LogP contribution >= 0.6 is 0 Å².